The number of hydrogen-bond donors (Lipinski definition) is 0. The lowest BCUT2D eigenvalue weighted by atomic mass is 9.78. The molecule has 1 aliphatic carbocycles. The molecule has 0 saturated carbocycles. The number of fused-ring (bicyclic) bond motifs is 6. The van der Waals surface area contributed by atoms with Gasteiger partial charge >= 0.3 is 0 Å². The molecule has 7 rings (SSSR count). The molecular weight excluding hydrogens is 450 g/mol. The molecule has 2 atom stereocenters. The van der Waals surface area contributed by atoms with Gasteiger partial charge in [-0.25, -0.2) is 4.98 Å². The van der Waals surface area contributed by atoms with Crippen LogP contribution in [0.4, 0.5) is 0 Å². The molecule has 0 aliphatic heterocycles. The summed E-state index contributed by atoms with van der Waals surface area (Å²) in [5, 5.41) is 17.1. The fourth-order valence-electron chi connectivity index (χ4n) is 5.68. The van der Waals surface area contributed by atoms with E-state index in [4.69, 9.17) is 4.98 Å². The monoisotopic (exact) mass is 473 g/mol. The maximum atomic E-state index is 10.1. The van der Waals surface area contributed by atoms with Gasteiger partial charge in [0.25, 0.3) is 0 Å². The Hall–Kier alpha value is -4.81. The molecule has 6 aromatic rings. The molecule has 2 aromatic heterocycles. The second kappa shape index (κ2) is 8.40. The Morgan fingerprint density at radius 3 is 2.27 bits per heavy atom. The quantitative estimate of drug-likeness (QED) is 0.237. The highest BCUT2D eigenvalue weighted by Gasteiger charge is 2.27. The minimum atomic E-state index is -0.247. The second-order valence-corrected chi connectivity index (χ2v) is 9.76. The summed E-state index contributed by atoms with van der Waals surface area (Å²) in [6, 6.07) is 34.2. The first-order valence-corrected chi connectivity index (χ1v) is 12.6. The van der Waals surface area contributed by atoms with Crippen LogP contribution in [-0.2, 0) is 0 Å². The molecule has 0 amide bonds. The minimum absolute atomic E-state index is 0.0216. The molecule has 0 saturated heterocycles. The lowest BCUT2D eigenvalue weighted by molar-refractivity contribution is 0.635. The van der Waals surface area contributed by atoms with Crippen LogP contribution in [0.25, 0.3) is 54.5 Å². The molecule has 4 aromatic carbocycles. The first kappa shape index (κ1) is 21.5. The van der Waals surface area contributed by atoms with Crippen molar-refractivity contribution in [2.24, 2.45) is 11.8 Å². The number of allylic oxidation sites excluding steroid dienone is 4. The van der Waals surface area contributed by atoms with Gasteiger partial charge in [-0.2, -0.15) is 5.26 Å². The Bertz CT molecular complexity index is 1970. The van der Waals surface area contributed by atoms with Gasteiger partial charge in [0.15, 0.2) is 0 Å². The Morgan fingerprint density at radius 1 is 0.730 bits per heavy atom. The van der Waals surface area contributed by atoms with Crippen molar-refractivity contribution < 1.29 is 0 Å². The van der Waals surface area contributed by atoms with E-state index in [1.54, 1.807) is 0 Å². The fraction of sp³-hybridized carbons (Fsp3) is 0.0882. The van der Waals surface area contributed by atoms with E-state index >= 15 is 0 Å². The topological polar surface area (TPSA) is 49.6 Å². The highest BCUT2D eigenvalue weighted by molar-refractivity contribution is 6.13. The second-order valence-electron chi connectivity index (χ2n) is 9.76. The van der Waals surface area contributed by atoms with Gasteiger partial charge in [0.1, 0.15) is 0 Å². The number of benzene rings is 4. The summed E-state index contributed by atoms with van der Waals surface area (Å²) in [6.07, 6.45) is 6.18. The van der Waals surface area contributed by atoms with E-state index < -0.39 is 0 Å². The zero-order valence-electron chi connectivity index (χ0n) is 20.4. The van der Waals surface area contributed by atoms with E-state index in [-0.39, 0.29) is 11.8 Å². The summed E-state index contributed by atoms with van der Waals surface area (Å²) in [5.74, 6) is -0.225. The average Bonchev–Trinajstić information content (AvgIpc) is 2.96. The van der Waals surface area contributed by atoms with Gasteiger partial charge < -0.3 is 0 Å². The maximum Gasteiger partial charge on any atom is 0.0971 e. The summed E-state index contributed by atoms with van der Waals surface area (Å²) < 4.78 is 0. The zero-order valence-corrected chi connectivity index (χ0v) is 20.4. The Labute approximate surface area is 215 Å². The number of aromatic nitrogens is 2. The van der Waals surface area contributed by atoms with E-state index in [0.717, 1.165) is 44.2 Å². The van der Waals surface area contributed by atoms with Crippen molar-refractivity contribution in [2.45, 2.75) is 6.92 Å². The molecule has 174 valence electrons. The third-order valence-corrected chi connectivity index (χ3v) is 7.66. The highest BCUT2D eigenvalue weighted by Crippen LogP contribution is 2.41. The van der Waals surface area contributed by atoms with Gasteiger partial charge in [0.05, 0.1) is 28.7 Å². The highest BCUT2D eigenvalue weighted by atomic mass is 14.8. The standard InChI is InChI=1S/C34H23N3/c1-21-26(20-35)17-25(31-18-24-7-2-3-9-27(24)28-10-4-5-11-29(28)31)19-30(21)32-15-14-23-13-12-22-8-6-16-36-33(22)34(23)37-32/h2-19,21,26H,1H3. The largest absolute Gasteiger partial charge is 0.254 e. The predicted octanol–water partition coefficient (Wildman–Crippen LogP) is 8.35. The van der Waals surface area contributed by atoms with Crippen molar-refractivity contribution in [3.05, 3.63) is 121 Å². The summed E-state index contributed by atoms with van der Waals surface area (Å²) >= 11 is 0. The molecule has 2 heterocycles. The third kappa shape index (κ3) is 3.42. The van der Waals surface area contributed by atoms with Gasteiger partial charge in [-0.1, -0.05) is 85.8 Å². The lowest BCUT2D eigenvalue weighted by Crippen LogP contribution is -2.15. The van der Waals surface area contributed by atoms with Gasteiger partial charge in [-0.15, -0.1) is 0 Å². The first-order chi connectivity index (χ1) is 18.2. The normalized spacial score (nSPS) is 17.6. The summed E-state index contributed by atoms with van der Waals surface area (Å²) in [6.45, 7) is 2.12. The van der Waals surface area contributed by atoms with E-state index in [2.05, 4.69) is 115 Å². The van der Waals surface area contributed by atoms with Gasteiger partial charge in [-0.3, -0.25) is 4.98 Å². The zero-order chi connectivity index (χ0) is 24.9. The molecule has 0 fully saturated rings. The summed E-state index contributed by atoms with van der Waals surface area (Å²) in [5.41, 5.74) is 5.99. The Morgan fingerprint density at radius 2 is 1.43 bits per heavy atom. The van der Waals surface area contributed by atoms with E-state index in [1.807, 2.05) is 12.3 Å². The number of pyridine rings is 2. The molecule has 1 aliphatic rings. The first-order valence-electron chi connectivity index (χ1n) is 12.6. The molecule has 0 bridgehead atoms. The van der Waals surface area contributed by atoms with Crippen LogP contribution in [0.1, 0.15) is 18.2 Å². The van der Waals surface area contributed by atoms with Crippen LogP contribution in [-0.4, -0.2) is 9.97 Å². The van der Waals surface area contributed by atoms with Crippen LogP contribution in [0.5, 0.6) is 0 Å². The number of nitrogens with zero attached hydrogens (tertiary/aromatic N) is 3. The van der Waals surface area contributed by atoms with Crippen LogP contribution >= 0.6 is 0 Å². The van der Waals surface area contributed by atoms with Crippen molar-refractivity contribution in [3.63, 3.8) is 0 Å². The van der Waals surface area contributed by atoms with E-state index in [0.29, 0.717) is 0 Å². The number of hydrogen-bond acceptors (Lipinski definition) is 3. The third-order valence-electron chi connectivity index (χ3n) is 7.66. The van der Waals surface area contributed by atoms with E-state index in [1.165, 1.54) is 21.5 Å². The van der Waals surface area contributed by atoms with Crippen LogP contribution in [0, 0.1) is 23.2 Å². The van der Waals surface area contributed by atoms with E-state index in [9.17, 15) is 5.26 Å². The van der Waals surface area contributed by atoms with Gasteiger partial charge in [0, 0.05) is 22.9 Å². The SMILES string of the molecule is CC1C(c2ccc3ccc4cccnc4c3n2)=CC(c2cc3ccccc3c3ccccc23)=CC1C#N. The number of nitriles is 1. The molecule has 3 nitrogen and oxygen atoms in total. The van der Waals surface area contributed by atoms with Gasteiger partial charge in [0.2, 0.25) is 0 Å². The van der Waals surface area contributed by atoms with Crippen molar-refractivity contribution >= 4 is 54.5 Å². The Balaban J connectivity index is 1.46. The van der Waals surface area contributed by atoms with Crippen molar-refractivity contribution in [3.8, 4) is 6.07 Å². The molecule has 2 unspecified atom stereocenters. The van der Waals surface area contributed by atoms with Crippen LogP contribution in [0.3, 0.4) is 0 Å². The van der Waals surface area contributed by atoms with Crippen LogP contribution in [0.2, 0.25) is 0 Å². The van der Waals surface area contributed by atoms with Crippen molar-refractivity contribution in [2.75, 3.05) is 0 Å². The van der Waals surface area contributed by atoms with Gasteiger partial charge in [-0.05, 0) is 62.5 Å². The molecule has 0 spiro atoms. The fourth-order valence-corrected chi connectivity index (χ4v) is 5.68. The molecular formula is C34H23N3. The maximum absolute atomic E-state index is 10.1. The molecule has 0 radical (unpaired) electrons. The number of rotatable bonds is 2. The van der Waals surface area contributed by atoms with Crippen LogP contribution < -0.4 is 0 Å². The van der Waals surface area contributed by atoms with Crippen molar-refractivity contribution in [1.29, 1.82) is 5.26 Å². The predicted molar refractivity (Wildman–Crippen MR) is 153 cm³/mol. The molecule has 37 heavy (non-hydrogen) atoms. The smallest absolute Gasteiger partial charge is 0.0971 e. The summed E-state index contributed by atoms with van der Waals surface area (Å²) in [7, 11) is 0. The Kier molecular flexibility index (Phi) is 4.87. The average molecular weight is 474 g/mol. The molecule has 0 N–H and O–H groups in total. The minimum Gasteiger partial charge on any atom is -0.254 e. The van der Waals surface area contributed by atoms with Crippen LogP contribution in [0.15, 0.2) is 109 Å². The molecule has 3 heteroatoms. The summed E-state index contributed by atoms with van der Waals surface area (Å²) in [4.78, 5) is 9.74. The lowest BCUT2D eigenvalue weighted by Gasteiger charge is -2.25. The van der Waals surface area contributed by atoms with Crippen molar-refractivity contribution in [1.82, 2.24) is 9.97 Å².